The Morgan fingerprint density at radius 3 is 3.00 bits per heavy atom. The summed E-state index contributed by atoms with van der Waals surface area (Å²) in [6.45, 7) is 0. The molecule has 2 aromatic heterocycles. The van der Waals surface area contributed by atoms with Crippen LogP contribution in [0.25, 0.3) is 11.0 Å². The number of carbonyl (C=O) groups is 1. The van der Waals surface area contributed by atoms with Crippen LogP contribution in [0.1, 0.15) is 10.4 Å². The molecule has 0 fully saturated rings. The lowest BCUT2D eigenvalue weighted by molar-refractivity contribution is 0.0699. The molecule has 0 spiro atoms. The molecule has 2 N–H and O–H groups in total. The first kappa shape index (κ1) is 8.00. The van der Waals surface area contributed by atoms with E-state index in [1.165, 1.54) is 12.5 Å². The molecule has 2 heterocycles. The number of halogens is 1. The number of carboxylic acid groups (broad SMARTS) is 1. The number of aromatic nitrogens is 3. The van der Waals surface area contributed by atoms with Gasteiger partial charge in [-0.2, -0.15) is 0 Å². The standard InChI is InChI=1S/C7H4ClN3O2/c8-5-4-3(7(12)13)1-9-6(4)11-2-10-5/h1-2H,(H,12,13)(H,9,10,11). The van der Waals surface area contributed by atoms with E-state index in [2.05, 4.69) is 15.0 Å². The van der Waals surface area contributed by atoms with Crippen molar-refractivity contribution < 1.29 is 9.90 Å². The van der Waals surface area contributed by atoms with Crippen LogP contribution < -0.4 is 0 Å². The molecule has 0 bridgehead atoms. The van der Waals surface area contributed by atoms with Crippen molar-refractivity contribution in [2.45, 2.75) is 0 Å². The molecule has 0 aromatic carbocycles. The van der Waals surface area contributed by atoms with Gasteiger partial charge in [-0.25, -0.2) is 14.8 Å². The molecule has 0 aliphatic rings. The minimum atomic E-state index is -1.05. The molecule has 0 saturated heterocycles. The van der Waals surface area contributed by atoms with Gasteiger partial charge in [-0.3, -0.25) is 0 Å². The van der Waals surface area contributed by atoms with Gasteiger partial charge in [0.25, 0.3) is 0 Å². The Morgan fingerprint density at radius 2 is 2.31 bits per heavy atom. The normalized spacial score (nSPS) is 10.5. The van der Waals surface area contributed by atoms with Crippen molar-refractivity contribution in [3.8, 4) is 0 Å². The zero-order valence-electron chi connectivity index (χ0n) is 6.28. The average Bonchev–Trinajstić information content (AvgIpc) is 2.49. The Labute approximate surface area is 77.4 Å². The Hall–Kier alpha value is -1.62. The fraction of sp³-hybridized carbons (Fsp3) is 0. The van der Waals surface area contributed by atoms with E-state index in [-0.39, 0.29) is 10.7 Å². The number of carboxylic acids is 1. The van der Waals surface area contributed by atoms with Crippen molar-refractivity contribution in [3.05, 3.63) is 23.2 Å². The van der Waals surface area contributed by atoms with E-state index in [1.807, 2.05) is 0 Å². The number of aromatic amines is 1. The average molecular weight is 198 g/mol. The maximum atomic E-state index is 10.7. The fourth-order valence-corrected chi connectivity index (χ4v) is 1.33. The van der Waals surface area contributed by atoms with Gasteiger partial charge in [0.1, 0.15) is 17.1 Å². The maximum Gasteiger partial charge on any atom is 0.338 e. The molecule has 6 heteroatoms. The molecule has 0 amide bonds. The van der Waals surface area contributed by atoms with Crippen molar-refractivity contribution in [1.82, 2.24) is 15.0 Å². The van der Waals surface area contributed by atoms with E-state index in [0.29, 0.717) is 11.0 Å². The zero-order valence-corrected chi connectivity index (χ0v) is 7.04. The second-order valence-electron chi connectivity index (χ2n) is 2.40. The fourth-order valence-electron chi connectivity index (χ4n) is 1.09. The largest absolute Gasteiger partial charge is 0.478 e. The molecule has 0 aliphatic heterocycles. The molecule has 0 unspecified atom stereocenters. The molecule has 0 atom stereocenters. The highest BCUT2D eigenvalue weighted by Gasteiger charge is 2.14. The van der Waals surface area contributed by atoms with Crippen molar-refractivity contribution in [1.29, 1.82) is 0 Å². The highest BCUT2D eigenvalue weighted by atomic mass is 35.5. The molecule has 2 aromatic rings. The summed E-state index contributed by atoms with van der Waals surface area (Å²) in [5.41, 5.74) is 0.512. The number of rotatable bonds is 1. The summed E-state index contributed by atoms with van der Waals surface area (Å²) >= 11 is 5.71. The molecule has 2 rings (SSSR count). The molecule has 5 nitrogen and oxygen atoms in total. The van der Waals surface area contributed by atoms with Crippen molar-refractivity contribution in [3.63, 3.8) is 0 Å². The first-order valence-electron chi connectivity index (χ1n) is 3.41. The van der Waals surface area contributed by atoms with Gasteiger partial charge in [-0.1, -0.05) is 11.6 Å². The summed E-state index contributed by atoms with van der Waals surface area (Å²) in [7, 11) is 0. The second kappa shape index (κ2) is 2.70. The van der Waals surface area contributed by atoms with Crippen LogP contribution in [0.5, 0.6) is 0 Å². The Balaban J connectivity index is 2.86. The monoisotopic (exact) mass is 197 g/mol. The first-order valence-corrected chi connectivity index (χ1v) is 3.79. The minimum Gasteiger partial charge on any atom is -0.478 e. The molecule has 66 valence electrons. The van der Waals surface area contributed by atoms with Gasteiger partial charge in [-0.05, 0) is 0 Å². The SMILES string of the molecule is O=C(O)c1c[nH]c2ncnc(Cl)c12. The number of H-pyrrole nitrogens is 1. The van der Waals surface area contributed by atoms with E-state index in [0.717, 1.165) is 0 Å². The van der Waals surface area contributed by atoms with Crippen LogP contribution in [0, 0.1) is 0 Å². The van der Waals surface area contributed by atoms with Gasteiger partial charge in [0.15, 0.2) is 0 Å². The first-order chi connectivity index (χ1) is 6.20. The number of nitrogens with zero attached hydrogens (tertiary/aromatic N) is 2. The van der Waals surface area contributed by atoms with E-state index >= 15 is 0 Å². The summed E-state index contributed by atoms with van der Waals surface area (Å²) in [6, 6.07) is 0. The molecular formula is C7H4ClN3O2. The van der Waals surface area contributed by atoms with E-state index < -0.39 is 5.97 Å². The van der Waals surface area contributed by atoms with Crippen LogP contribution in [0.15, 0.2) is 12.5 Å². The maximum absolute atomic E-state index is 10.7. The Bertz CT molecular complexity index is 480. The topological polar surface area (TPSA) is 78.9 Å². The lowest BCUT2D eigenvalue weighted by atomic mass is 10.2. The van der Waals surface area contributed by atoms with Gasteiger partial charge in [0.2, 0.25) is 0 Å². The number of hydrogen-bond acceptors (Lipinski definition) is 3. The van der Waals surface area contributed by atoms with E-state index in [9.17, 15) is 4.79 Å². The van der Waals surface area contributed by atoms with Crippen LogP contribution in [-0.2, 0) is 0 Å². The van der Waals surface area contributed by atoms with Gasteiger partial charge < -0.3 is 10.1 Å². The number of nitrogens with one attached hydrogen (secondary N) is 1. The highest BCUT2D eigenvalue weighted by molar-refractivity contribution is 6.35. The summed E-state index contributed by atoms with van der Waals surface area (Å²) in [6.07, 6.45) is 2.61. The van der Waals surface area contributed by atoms with Crippen LogP contribution in [0.2, 0.25) is 5.15 Å². The lowest BCUT2D eigenvalue weighted by Crippen LogP contribution is -1.94. The van der Waals surface area contributed by atoms with Crippen molar-refractivity contribution >= 4 is 28.6 Å². The second-order valence-corrected chi connectivity index (χ2v) is 2.75. The molecular weight excluding hydrogens is 194 g/mol. The summed E-state index contributed by atoms with van der Waals surface area (Å²) in [5.74, 6) is -1.05. The smallest absolute Gasteiger partial charge is 0.338 e. The van der Waals surface area contributed by atoms with E-state index in [1.54, 1.807) is 0 Å². The summed E-state index contributed by atoms with van der Waals surface area (Å²) in [4.78, 5) is 20.9. The quantitative estimate of drug-likeness (QED) is 0.676. The van der Waals surface area contributed by atoms with Crippen molar-refractivity contribution in [2.75, 3.05) is 0 Å². The van der Waals surface area contributed by atoms with Crippen LogP contribution >= 0.6 is 11.6 Å². The number of aromatic carboxylic acids is 1. The molecule has 13 heavy (non-hydrogen) atoms. The zero-order chi connectivity index (χ0) is 9.42. The third kappa shape index (κ3) is 1.13. The Morgan fingerprint density at radius 1 is 1.54 bits per heavy atom. The predicted molar refractivity (Wildman–Crippen MR) is 45.9 cm³/mol. The molecule has 0 aliphatic carbocycles. The Kier molecular flexibility index (Phi) is 1.66. The summed E-state index contributed by atoms with van der Waals surface area (Å²) < 4.78 is 0. The van der Waals surface area contributed by atoms with E-state index in [4.69, 9.17) is 16.7 Å². The predicted octanol–water partition coefficient (Wildman–Crippen LogP) is 1.31. The van der Waals surface area contributed by atoms with Crippen LogP contribution in [0.3, 0.4) is 0 Å². The summed E-state index contributed by atoms with van der Waals surface area (Å²) in [5, 5.41) is 9.25. The molecule has 0 saturated carbocycles. The number of hydrogen-bond donors (Lipinski definition) is 2. The van der Waals surface area contributed by atoms with Gasteiger partial charge in [-0.15, -0.1) is 0 Å². The van der Waals surface area contributed by atoms with Crippen molar-refractivity contribution in [2.24, 2.45) is 0 Å². The lowest BCUT2D eigenvalue weighted by Gasteiger charge is -1.92. The molecule has 0 radical (unpaired) electrons. The van der Waals surface area contributed by atoms with Gasteiger partial charge >= 0.3 is 5.97 Å². The van der Waals surface area contributed by atoms with Crippen LogP contribution in [-0.4, -0.2) is 26.0 Å². The third-order valence-corrected chi connectivity index (χ3v) is 1.94. The van der Waals surface area contributed by atoms with Crippen LogP contribution in [0.4, 0.5) is 0 Å². The van der Waals surface area contributed by atoms with Gasteiger partial charge in [0, 0.05) is 6.20 Å². The highest BCUT2D eigenvalue weighted by Crippen LogP contribution is 2.22. The number of fused-ring (bicyclic) bond motifs is 1. The van der Waals surface area contributed by atoms with Gasteiger partial charge in [0.05, 0.1) is 10.9 Å². The minimum absolute atomic E-state index is 0.0839. The third-order valence-electron chi connectivity index (χ3n) is 1.65.